The van der Waals surface area contributed by atoms with Crippen LogP contribution in [0, 0.1) is 24.7 Å². The highest BCUT2D eigenvalue weighted by Gasteiger charge is 2.50. The quantitative estimate of drug-likeness (QED) is 0.652. The number of nitrogens with zero attached hydrogens (tertiary/aromatic N) is 2. The standard InChI is InChI=1S/C22H22ClN3O/c1-4-16-13(3)21(16)22(27)26-20-9-15-7-14(8-19(23)18(15)11-25-20)17-10-24-6-5-12(17)2/h5-11,13,16,21H,4H2,1-3H3,(H,25,26,27)/t13?,16-,21-/m0/s1. The maximum Gasteiger partial charge on any atom is 0.229 e. The number of benzene rings is 1. The van der Waals surface area contributed by atoms with Crippen LogP contribution in [0.3, 0.4) is 0 Å². The highest BCUT2D eigenvalue weighted by Crippen LogP contribution is 2.48. The van der Waals surface area contributed by atoms with E-state index in [0.717, 1.165) is 33.9 Å². The molecule has 27 heavy (non-hydrogen) atoms. The van der Waals surface area contributed by atoms with E-state index in [1.807, 2.05) is 31.3 Å². The maximum atomic E-state index is 12.5. The van der Waals surface area contributed by atoms with Gasteiger partial charge in [0, 0.05) is 35.5 Å². The van der Waals surface area contributed by atoms with E-state index in [4.69, 9.17) is 11.6 Å². The monoisotopic (exact) mass is 379 g/mol. The van der Waals surface area contributed by atoms with Gasteiger partial charge in [0.2, 0.25) is 5.91 Å². The number of carbonyl (C=O) groups excluding carboxylic acids is 1. The van der Waals surface area contributed by atoms with E-state index in [1.165, 1.54) is 0 Å². The number of carbonyl (C=O) groups is 1. The number of aromatic nitrogens is 2. The summed E-state index contributed by atoms with van der Waals surface area (Å²) in [7, 11) is 0. The Morgan fingerprint density at radius 2 is 2.07 bits per heavy atom. The van der Waals surface area contributed by atoms with Gasteiger partial charge < -0.3 is 5.32 Å². The summed E-state index contributed by atoms with van der Waals surface area (Å²) in [6, 6.07) is 7.87. The largest absolute Gasteiger partial charge is 0.310 e. The molecule has 1 fully saturated rings. The van der Waals surface area contributed by atoms with Crippen molar-refractivity contribution in [3.05, 3.63) is 53.4 Å². The number of amides is 1. The van der Waals surface area contributed by atoms with Gasteiger partial charge in [-0.25, -0.2) is 4.98 Å². The minimum absolute atomic E-state index is 0.0616. The van der Waals surface area contributed by atoms with Crippen LogP contribution in [-0.2, 0) is 4.79 Å². The Balaban J connectivity index is 1.67. The van der Waals surface area contributed by atoms with Crippen LogP contribution in [0.25, 0.3) is 21.9 Å². The molecule has 0 saturated heterocycles. The summed E-state index contributed by atoms with van der Waals surface area (Å²) in [5, 5.41) is 5.43. The van der Waals surface area contributed by atoms with Crippen LogP contribution < -0.4 is 5.32 Å². The number of pyridine rings is 2. The molecule has 3 aromatic rings. The Morgan fingerprint density at radius 3 is 2.78 bits per heavy atom. The van der Waals surface area contributed by atoms with Crippen molar-refractivity contribution in [1.82, 2.24) is 9.97 Å². The number of fused-ring (bicyclic) bond motifs is 1. The lowest BCUT2D eigenvalue weighted by Crippen LogP contribution is -2.16. The molecule has 1 amide bonds. The molecule has 3 atom stereocenters. The smallest absolute Gasteiger partial charge is 0.229 e. The third-order valence-corrected chi connectivity index (χ3v) is 6.04. The van der Waals surface area contributed by atoms with Crippen LogP contribution in [0.4, 0.5) is 5.82 Å². The summed E-state index contributed by atoms with van der Waals surface area (Å²) in [5.41, 5.74) is 3.18. The van der Waals surface area contributed by atoms with Crippen molar-refractivity contribution in [2.75, 3.05) is 5.32 Å². The Labute approximate surface area is 164 Å². The van der Waals surface area contributed by atoms with Gasteiger partial charge in [-0.15, -0.1) is 0 Å². The van der Waals surface area contributed by atoms with Crippen LogP contribution in [0.15, 0.2) is 42.9 Å². The van der Waals surface area contributed by atoms with E-state index in [2.05, 4.69) is 35.2 Å². The molecule has 0 radical (unpaired) electrons. The molecule has 1 aliphatic rings. The normalized spacial score (nSPS) is 21.3. The zero-order chi connectivity index (χ0) is 19.1. The maximum absolute atomic E-state index is 12.5. The molecule has 4 nitrogen and oxygen atoms in total. The third-order valence-electron chi connectivity index (χ3n) is 5.72. The lowest BCUT2D eigenvalue weighted by atomic mass is 10.0. The van der Waals surface area contributed by atoms with Crippen molar-refractivity contribution in [3.63, 3.8) is 0 Å². The molecule has 0 aliphatic heterocycles. The van der Waals surface area contributed by atoms with Crippen molar-refractivity contribution < 1.29 is 4.79 Å². The van der Waals surface area contributed by atoms with Crippen LogP contribution >= 0.6 is 11.6 Å². The molecular weight excluding hydrogens is 358 g/mol. The highest BCUT2D eigenvalue weighted by atomic mass is 35.5. The fraction of sp³-hybridized carbons (Fsp3) is 0.318. The van der Waals surface area contributed by atoms with Gasteiger partial charge >= 0.3 is 0 Å². The summed E-state index contributed by atoms with van der Waals surface area (Å²) >= 11 is 6.49. The minimum Gasteiger partial charge on any atom is -0.310 e. The summed E-state index contributed by atoms with van der Waals surface area (Å²) in [6.45, 7) is 6.31. The lowest BCUT2D eigenvalue weighted by Gasteiger charge is -2.10. The van der Waals surface area contributed by atoms with Gasteiger partial charge in [0.05, 0.1) is 5.02 Å². The average molecular weight is 380 g/mol. The molecule has 1 aromatic carbocycles. The van der Waals surface area contributed by atoms with Crippen LogP contribution in [0.2, 0.25) is 5.02 Å². The third kappa shape index (κ3) is 3.30. The van der Waals surface area contributed by atoms with Gasteiger partial charge in [-0.05, 0) is 59.5 Å². The number of halogens is 1. The minimum atomic E-state index is 0.0616. The molecule has 0 spiro atoms. The van der Waals surface area contributed by atoms with Gasteiger partial charge in [-0.3, -0.25) is 9.78 Å². The molecule has 2 heterocycles. The Hall–Kier alpha value is -2.46. The number of aryl methyl sites for hydroxylation is 1. The first-order valence-corrected chi connectivity index (χ1v) is 9.68. The van der Waals surface area contributed by atoms with Crippen LogP contribution in [-0.4, -0.2) is 15.9 Å². The fourth-order valence-electron chi connectivity index (χ4n) is 4.02. The predicted molar refractivity (Wildman–Crippen MR) is 110 cm³/mol. The molecule has 1 N–H and O–H groups in total. The number of nitrogens with one attached hydrogen (secondary N) is 1. The summed E-state index contributed by atoms with van der Waals surface area (Å²) in [5.74, 6) is 1.66. The van der Waals surface area contributed by atoms with Gasteiger partial charge in [0.1, 0.15) is 5.82 Å². The highest BCUT2D eigenvalue weighted by molar-refractivity contribution is 6.36. The fourth-order valence-corrected chi connectivity index (χ4v) is 4.29. The molecule has 1 aliphatic carbocycles. The van der Waals surface area contributed by atoms with Crippen molar-refractivity contribution in [3.8, 4) is 11.1 Å². The first kappa shape index (κ1) is 17.9. The number of anilines is 1. The molecule has 5 heteroatoms. The lowest BCUT2D eigenvalue weighted by molar-refractivity contribution is -0.117. The Bertz CT molecular complexity index is 1030. The van der Waals surface area contributed by atoms with Crippen molar-refractivity contribution in [1.29, 1.82) is 0 Å². The first-order chi connectivity index (χ1) is 13.0. The molecular formula is C22H22ClN3O. The van der Waals surface area contributed by atoms with Gasteiger partial charge in [0.15, 0.2) is 0 Å². The van der Waals surface area contributed by atoms with Crippen molar-refractivity contribution >= 4 is 34.1 Å². The number of rotatable bonds is 4. The van der Waals surface area contributed by atoms with Gasteiger partial charge in [-0.1, -0.05) is 31.9 Å². The zero-order valence-electron chi connectivity index (χ0n) is 15.7. The second-order valence-corrected chi connectivity index (χ2v) is 7.79. The first-order valence-electron chi connectivity index (χ1n) is 9.30. The number of hydrogen-bond acceptors (Lipinski definition) is 3. The van der Waals surface area contributed by atoms with Gasteiger partial charge in [-0.2, -0.15) is 0 Å². The topological polar surface area (TPSA) is 54.9 Å². The SMILES string of the molecule is CC[C@H]1C(C)[C@@H]1C(=O)Nc1cc2cc(-c3cnccc3C)cc(Cl)c2cn1. The van der Waals surface area contributed by atoms with E-state index in [9.17, 15) is 4.79 Å². The van der Waals surface area contributed by atoms with Crippen molar-refractivity contribution in [2.45, 2.75) is 27.2 Å². The molecule has 1 unspecified atom stereocenters. The molecule has 138 valence electrons. The van der Waals surface area contributed by atoms with Crippen LogP contribution in [0.1, 0.15) is 25.8 Å². The second-order valence-electron chi connectivity index (χ2n) is 7.39. The predicted octanol–water partition coefficient (Wildman–Crippen LogP) is 5.49. The van der Waals surface area contributed by atoms with E-state index in [-0.39, 0.29) is 11.8 Å². The van der Waals surface area contributed by atoms with Gasteiger partial charge in [0.25, 0.3) is 0 Å². The van der Waals surface area contributed by atoms with Crippen molar-refractivity contribution in [2.24, 2.45) is 17.8 Å². The number of hydrogen-bond donors (Lipinski definition) is 1. The summed E-state index contributed by atoms with van der Waals surface area (Å²) < 4.78 is 0. The van der Waals surface area contributed by atoms with E-state index >= 15 is 0 Å². The second kappa shape index (κ2) is 6.93. The Kier molecular flexibility index (Phi) is 4.60. The summed E-state index contributed by atoms with van der Waals surface area (Å²) in [6.07, 6.45) is 6.38. The van der Waals surface area contributed by atoms with Crippen LogP contribution in [0.5, 0.6) is 0 Å². The average Bonchev–Trinajstić information content (AvgIpc) is 3.31. The molecule has 0 bridgehead atoms. The molecule has 4 rings (SSSR count). The zero-order valence-corrected chi connectivity index (χ0v) is 16.4. The summed E-state index contributed by atoms with van der Waals surface area (Å²) in [4.78, 5) is 21.1. The van der Waals surface area contributed by atoms with E-state index < -0.39 is 0 Å². The molecule has 1 saturated carbocycles. The molecule has 2 aromatic heterocycles. The van der Waals surface area contributed by atoms with E-state index in [1.54, 1.807) is 12.4 Å². The Morgan fingerprint density at radius 1 is 1.26 bits per heavy atom. The van der Waals surface area contributed by atoms with E-state index in [0.29, 0.717) is 22.7 Å².